The standard InChI is InChI=1S/C18H14O3S/c1-2-17(19)20-12-15-8-10-18(21-15)22-16-9-7-13-5-3-4-6-14(13)11-16/h2-11H,1,12H2. The molecule has 1 aromatic heterocycles. The molecule has 0 N–H and O–H groups in total. The number of hydrogen-bond acceptors (Lipinski definition) is 4. The van der Waals surface area contributed by atoms with E-state index in [2.05, 4.69) is 36.9 Å². The number of furan rings is 1. The average Bonchev–Trinajstić information content (AvgIpc) is 3.00. The third kappa shape index (κ3) is 3.40. The highest BCUT2D eigenvalue weighted by atomic mass is 32.2. The summed E-state index contributed by atoms with van der Waals surface area (Å²) in [6.45, 7) is 3.46. The fourth-order valence-corrected chi connectivity index (χ4v) is 2.88. The summed E-state index contributed by atoms with van der Waals surface area (Å²) in [5, 5.41) is 3.17. The van der Waals surface area contributed by atoms with Gasteiger partial charge in [0.15, 0.2) is 5.09 Å². The molecule has 0 aliphatic rings. The van der Waals surface area contributed by atoms with E-state index in [1.807, 2.05) is 18.2 Å². The predicted octanol–water partition coefficient (Wildman–Crippen LogP) is 4.81. The molecular weight excluding hydrogens is 296 g/mol. The molecule has 0 bridgehead atoms. The van der Waals surface area contributed by atoms with Crippen LogP contribution in [0.5, 0.6) is 0 Å². The van der Waals surface area contributed by atoms with Crippen LogP contribution >= 0.6 is 11.8 Å². The van der Waals surface area contributed by atoms with Gasteiger partial charge in [-0.25, -0.2) is 4.79 Å². The third-order valence-electron chi connectivity index (χ3n) is 3.10. The number of rotatable bonds is 5. The summed E-state index contributed by atoms with van der Waals surface area (Å²) in [4.78, 5) is 12.1. The topological polar surface area (TPSA) is 39.4 Å². The van der Waals surface area contributed by atoms with Crippen LogP contribution in [0.2, 0.25) is 0 Å². The van der Waals surface area contributed by atoms with Gasteiger partial charge in [0.2, 0.25) is 0 Å². The summed E-state index contributed by atoms with van der Waals surface area (Å²) in [7, 11) is 0. The highest BCUT2D eigenvalue weighted by molar-refractivity contribution is 7.99. The van der Waals surface area contributed by atoms with E-state index in [0.717, 1.165) is 16.1 Å². The molecule has 22 heavy (non-hydrogen) atoms. The van der Waals surface area contributed by atoms with E-state index in [4.69, 9.17) is 9.15 Å². The molecule has 3 rings (SSSR count). The molecule has 0 atom stereocenters. The molecular formula is C18H14O3S. The first-order valence-electron chi connectivity index (χ1n) is 6.79. The van der Waals surface area contributed by atoms with Crippen molar-refractivity contribution in [3.8, 4) is 0 Å². The number of fused-ring (bicyclic) bond motifs is 1. The predicted molar refractivity (Wildman–Crippen MR) is 86.8 cm³/mol. The molecule has 0 fully saturated rings. The van der Waals surface area contributed by atoms with Gasteiger partial charge in [-0.05, 0) is 35.0 Å². The van der Waals surface area contributed by atoms with Gasteiger partial charge in [0, 0.05) is 11.0 Å². The Labute approximate surface area is 132 Å². The van der Waals surface area contributed by atoms with E-state index in [9.17, 15) is 4.79 Å². The number of benzene rings is 2. The van der Waals surface area contributed by atoms with Crippen LogP contribution < -0.4 is 0 Å². The van der Waals surface area contributed by atoms with Crippen LogP contribution in [0.4, 0.5) is 0 Å². The van der Waals surface area contributed by atoms with Gasteiger partial charge in [-0.2, -0.15) is 0 Å². The van der Waals surface area contributed by atoms with Crippen LogP contribution in [0.15, 0.2) is 81.7 Å². The van der Waals surface area contributed by atoms with Crippen molar-refractivity contribution in [1.29, 1.82) is 0 Å². The van der Waals surface area contributed by atoms with Gasteiger partial charge in [0.1, 0.15) is 12.4 Å². The first kappa shape index (κ1) is 14.5. The van der Waals surface area contributed by atoms with Crippen LogP contribution in [-0.2, 0) is 16.1 Å². The highest BCUT2D eigenvalue weighted by Crippen LogP contribution is 2.31. The lowest BCUT2D eigenvalue weighted by Gasteiger charge is -2.02. The highest BCUT2D eigenvalue weighted by Gasteiger charge is 2.06. The van der Waals surface area contributed by atoms with Crippen molar-refractivity contribution in [2.24, 2.45) is 0 Å². The van der Waals surface area contributed by atoms with Crippen LogP contribution in [0.25, 0.3) is 10.8 Å². The van der Waals surface area contributed by atoms with E-state index >= 15 is 0 Å². The molecule has 0 aliphatic heterocycles. The molecule has 0 unspecified atom stereocenters. The van der Waals surface area contributed by atoms with E-state index in [-0.39, 0.29) is 6.61 Å². The van der Waals surface area contributed by atoms with Crippen molar-refractivity contribution >= 4 is 28.5 Å². The second-order valence-electron chi connectivity index (χ2n) is 4.64. The zero-order valence-corrected chi connectivity index (χ0v) is 12.6. The molecule has 0 aliphatic carbocycles. The van der Waals surface area contributed by atoms with Crippen molar-refractivity contribution in [3.05, 3.63) is 73.0 Å². The molecule has 0 saturated heterocycles. The Bertz CT molecular complexity index is 820. The Kier molecular flexibility index (Phi) is 4.30. The minimum Gasteiger partial charge on any atom is -0.454 e. The molecule has 2 aromatic carbocycles. The molecule has 3 aromatic rings. The van der Waals surface area contributed by atoms with Gasteiger partial charge in [-0.15, -0.1) is 0 Å². The number of carbonyl (C=O) groups excluding carboxylic acids is 1. The Morgan fingerprint density at radius 1 is 1.14 bits per heavy atom. The van der Waals surface area contributed by atoms with Gasteiger partial charge in [-0.3, -0.25) is 0 Å². The minimum absolute atomic E-state index is 0.114. The minimum atomic E-state index is -0.458. The van der Waals surface area contributed by atoms with Crippen molar-refractivity contribution in [2.45, 2.75) is 16.6 Å². The Hall–Kier alpha value is -2.46. The summed E-state index contributed by atoms with van der Waals surface area (Å²) in [5.74, 6) is 0.152. The number of hydrogen-bond donors (Lipinski definition) is 0. The third-order valence-corrected chi connectivity index (χ3v) is 4.01. The summed E-state index contributed by atoms with van der Waals surface area (Å²) in [6.07, 6.45) is 1.13. The van der Waals surface area contributed by atoms with Gasteiger partial charge < -0.3 is 9.15 Å². The fraction of sp³-hybridized carbons (Fsp3) is 0.0556. The lowest BCUT2D eigenvalue weighted by Crippen LogP contribution is -1.98. The number of ether oxygens (including phenoxy) is 1. The van der Waals surface area contributed by atoms with E-state index in [1.54, 1.807) is 6.07 Å². The molecule has 0 amide bonds. The largest absolute Gasteiger partial charge is 0.454 e. The SMILES string of the molecule is C=CC(=O)OCc1ccc(Sc2ccc3ccccc3c2)o1. The summed E-state index contributed by atoms with van der Waals surface area (Å²) >= 11 is 1.54. The Morgan fingerprint density at radius 3 is 2.77 bits per heavy atom. The smallest absolute Gasteiger partial charge is 0.330 e. The van der Waals surface area contributed by atoms with E-state index < -0.39 is 5.97 Å². The van der Waals surface area contributed by atoms with E-state index in [0.29, 0.717) is 5.76 Å². The lowest BCUT2D eigenvalue weighted by atomic mass is 10.1. The molecule has 0 spiro atoms. The maximum absolute atomic E-state index is 11.0. The van der Waals surface area contributed by atoms with Crippen molar-refractivity contribution in [3.63, 3.8) is 0 Å². The van der Waals surface area contributed by atoms with Crippen LogP contribution in [0, 0.1) is 0 Å². The first-order valence-corrected chi connectivity index (χ1v) is 7.61. The quantitative estimate of drug-likeness (QED) is 0.500. The lowest BCUT2D eigenvalue weighted by molar-refractivity contribution is -0.139. The molecule has 110 valence electrons. The normalized spacial score (nSPS) is 10.5. The maximum atomic E-state index is 11.0. The molecule has 0 saturated carbocycles. The van der Waals surface area contributed by atoms with Crippen LogP contribution in [0.3, 0.4) is 0 Å². The second kappa shape index (κ2) is 6.54. The fourth-order valence-electron chi connectivity index (χ4n) is 2.04. The Balaban J connectivity index is 1.70. The van der Waals surface area contributed by atoms with Crippen molar-refractivity contribution < 1.29 is 13.9 Å². The van der Waals surface area contributed by atoms with Gasteiger partial charge in [0.25, 0.3) is 0 Å². The average molecular weight is 310 g/mol. The van der Waals surface area contributed by atoms with Gasteiger partial charge in [-0.1, -0.05) is 48.7 Å². The Morgan fingerprint density at radius 2 is 1.95 bits per heavy atom. The van der Waals surface area contributed by atoms with Gasteiger partial charge >= 0.3 is 5.97 Å². The zero-order chi connectivity index (χ0) is 15.4. The van der Waals surface area contributed by atoms with Gasteiger partial charge in [0.05, 0.1) is 0 Å². The molecule has 3 nitrogen and oxygen atoms in total. The van der Waals surface area contributed by atoms with Crippen molar-refractivity contribution in [1.82, 2.24) is 0 Å². The maximum Gasteiger partial charge on any atom is 0.330 e. The number of esters is 1. The summed E-state index contributed by atoms with van der Waals surface area (Å²) in [5.41, 5.74) is 0. The monoisotopic (exact) mass is 310 g/mol. The second-order valence-corrected chi connectivity index (χ2v) is 5.72. The number of carbonyl (C=O) groups is 1. The summed E-state index contributed by atoms with van der Waals surface area (Å²) < 4.78 is 10.6. The zero-order valence-electron chi connectivity index (χ0n) is 11.8. The molecule has 1 heterocycles. The van der Waals surface area contributed by atoms with Crippen LogP contribution in [-0.4, -0.2) is 5.97 Å². The molecule has 4 heteroatoms. The molecule has 0 radical (unpaired) electrons. The van der Waals surface area contributed by atoms with Crippen molar-refractivity contribution in [2.75, 3.05) is 0 Å². The van der Waals surface area contributed by atoms with E-state index in [1.165, 1.54) is 22.5 Å². The first-order chi connectivity index (χ1) is 10.7. The van der Waals surface area contributed by atoms with Crippen LogP contribution in [0.1, 0.15) is 5.76 Å². The summed E-state index contributed by atoms with van der Waals surface area (Å²) in [6, 6.07) is 18.2.